The molecule has 0 bridgehead atoms. The first-order chi connectivity index (χ1) is 8.28. The Hall–Kier alpha value is -1.28. The first-order valence-corrected chi connectivity index (χ1v) is 6.36. The van der Waals surface area contributed by atoms with Gasteiger partial charge in [0.25, 0.3) is 0 Å². The molecule has 0 amide bonds. The molecule has 87 valence electrons. The van der Waals surface area contributed by atoms with Crippen LogP contribution in [-0.4, -0.2) is 7.11 Å². The summed E-state index contributed by atoms with van der Waals surface area (Å²) in [5.74, 6) is 0.898. The Labute approximate surface area is 111 Å². The van der Waals surface area contributed by atoms with E-state index in [1.807, 2.05) is 18.2 Å². The van der Waals surface area contributed by atoms with Crippen LogP contribution in [0.25, 0.3) is 0 Å². The van der Waals surface area contributed by atoms with Crippen molar-refractivity contribution in [3.63, 3.8) is 0 Å². The van der Waals surface area contributed by atoms with E-state index in [1.54, 1.807) is 7.11 Å². The summed E-state index contributed by atoms with van der Waals surface area (Å²) in [6, 6.07) is 17.5. The van der Waals surface area contributed by atoms with Gasteiger partial charge in [-0.1, -0.05) is 34.1 Å². The summed E-state index contributed by atoms with van der Waals surface area (Å²) >= 11 is 3.44. The molecule has 2 aromatic rings. The zero-order valence-electron chi connectivity index (χ0n) is 9.74. The van der Waals surface area contributed by atoms with Gasteiger partial charge in [0.1, 0.15) is 5.75 Å². The zero-order valence-corrected chi connectivity index (χ0v) is 11.3. The lowest BCUT2D eigenvalue weighted by atomic mass is 10.0. The third kappa shape index (κ3) is 3.60. The van der Waals surface area contributed by atoms with Crippen LogP contribution in [0, 0.1) is 6.07 Å². The van der Waals surface area contributed by atoms with Crippen molar-refractivity contribution in [1.29, 1.82) is 0 Å². The Bertz CT molecular complexity index is 477. The molecule has 0 saturated heterocycles. The van der Waals surface area contributed by atoms with Crippen molar-refractivity contribution in [3.05, 3.63) is 64.1 Å². The summed E-state index contributed by atoms with van der Waals surface area (Å²) in [6.07, 6.45) is 2.01. The van der Waals surface area contributed by atoms with Gasteiger partial charge in [0.05, 0.1) is 7.11 Å². The van der Waals surface area contributed by atoms with E-state index >= 15 is 0 Å². The lowest BCUT2D eigenvalue weighted by Gasteiger charge is -2.04. The van der Waals surface area contributed by atoms with Crippen LogP contribution < -0.4 is 4.74 Å². The van der Waals surface area contributed by atoms with Crippen molar-refractivity contribution in [1.82, 2.24) is 0 Å². The van der Waals surface area contributed by atoms with Gasteiger partial charge in [-0.15, -0.1) is 0 Å². The van der Waals surface area contributed by atoms with Crippen LogP contribution in [-0.2, 0) is 12.8 Å². The van der Waals surface area contributed by atoms with Crippen molar-refractivity contribution in [2.45, 2.75) is 12.8 Å². The van der Waals surface area contributed by atoms with Crippen LogP contribution >= 0.6 is 15.9 Å². The zero-order chi connectivity index (χ0) is 12.1. The van der Waals surface area contributed by atoms with Crippen LogP contribution in [0.3, 0.4) is 0 Å². The number of rotatable bonds is 4. The van der Waals surface area contributed by atoms with Crippen LogP contribution in [0.1, 0.15) is 11.1 Å². The van der Waals surface area contributed by atoms with Crippen LogP contribution in [0.2, 0.25) is 0 Å². The SMILES string of the molecule is COc1cc[c]c(CCc2ccc(Br)cc2)c1. The van der Waals surface area contributed by atoms with Gasteiger partial charge in [-0.05, 0) is 54.3 Å². The number of aryl methyl sites for hydroxylation is 2. The topological polar surface area (TPSA) is 9.23 Å². The second-order valence-corrected chi connectivity index (χ2v) is 4.80. The summed E-state index contributed by atoms with van der Waals surface area (Å²) in [7, 11) is 1.69. The number of halogens is 1. The van der Waals surface area contributed by atoms with Gasteiger partial charge in [-0.3, -0.25) is 0 Å². The minimum absolute atomic E-state index is 0.898. The van der Waals surface area contributed by atoms with Gasteiger partial charge < -0.3 is 4.74 Å². The highest BCUT2D eigenvalue weighted by Gasteiger charge is 1.98. The van der Waals surface area contributed by atoms with Crippen LogP contribution in [0.5, 0.6) is 5.75 Å². The lowest BCUT2D eigenvalue weighted by molar-refractivity contribution is 0.414. The fraction of sp³-hybridized carbons (Fsp3) is 0.200. The van der Waals surface area contributed by atoms with Crippen molar-refractivity contribution in [3.8, 4) is 5.75 Å². The smallest absolute Gasteiger partial charge is 0.119 e. The molecule has 1 nitrogen and oxygen atoms in total. The maximum atomic E-state index is 5.20. The highest BCUT2D eigenvalue weighted by molar-refractivity contribution is 9.10. The molecule has 0 aliphatic rings. The summed E-state index contributed by atoms with van der Waals surface area (Å²) < 4.78 is 6.32. The van der Waals surface area contributed by atoms with Crippen molar-refractivity contribution < 1.29 is 4.74 Å². The first-order valence-electron chi connectivity index (χ1n) is 5.57. The molecule has 0 aliphatic heterocycles. The van der Waals surface area contributed by atoms with E-state index in [9.17, 15) is 0 Å². The standard InChI is InChI=1S/C15H14BrO/c1-17-15-4-2-3-13(11-15)6-5-12-7-9-14(16)10-8-12/h2,4,7-11H,5-6H2,1H3. The van der Waals surface area contributed by atoms with Gasteiger partial charge in [-0.2, -0.15) is 0 Å². The van der Waals surface area contributed by atoms with E-state index in [-0.39, 0.29) is 0 Å². The Kier molecular flexibility index (Phi) is 4.21. The number of hydrogen-bond donors (Lipinski definition) is 0. The molecule has 0 fully saturated rings. The van der Waals surface area contributed by atoms with E-state index < -0.39 is 0 Å². The predicted octanol–water partition coefficient (Wildman–Crippen LogP) is 4.04. The molecule has 0 heterocycles. The van der Waals surface area contributed by atoms with Crippen molar-refractivity contribution in [2.24, 2.45) is 0 Å². The molecule has 0 unspecified atom stereocenters. The van der Waals surface area contributed by atoms with E-state index in [0.29, 0.717) is 0 Å². The largest absolute Gasteiger partial charge is 0.497 e. The molecule has 0 aliphatic carbocycles. The highest BCUT2D eigenvalue weighted by Crippen LogP contribution is 2.15. The van der Waals surface area contributed by atoms with Gasteiger partial charge in [0.15, 0.2) is 0 Å². The fourth-order valence-electron chi connectivity index (χ4n) is 1.69. The van der Waals surface area contributed by atoms with Gasteiger partial charge >= 0.3 is 0 Å². The maximum Gasteiger partial charge on any atom is 0.119 e. The Balaban J connectivity index is 1.99. The molecule has 0 N–H and O–H groups in total. The number of ether oxygens (including phenoxy) is 1. The van der Waals surface area contributed by atoms with Gasteiger partial charge in [-0.25, -0.2) is 0 Å². The fourth-order valence-corrected chi connectivity index (χ4v) is 1.96. The Morgan fingerprint density at radius 2 is 1.88 bits per heavy atom. The quantitative estimate of drug-likeness (QED) is 0.825. The molecular formula is C15H14BrO. The normalized spacial score (nSPS) is 10.2. The predicted molar refractivity (Wildman–Crippen MR) is 73.4 cm³/mol. The number of benzene rings is 2. The highest BCUT2D eigenvalue weighted by atomic mass is 79.9. The molecule has 0 saturated carbocycles. The van der Waals surface area contributed by atoms with E-state index in [4.69, 9.17) is 4.74 Å². The summed E-state index contributed by atoms with van der Waals surface area (Å²) in [4.78, 5) is 0. The van der Waals surface area contributed by atoms with Crippen LogP contribution in [0.15, 0.2) is 46.9 Å². The van der Waals surface area contributed by atoms with Gasteiger partial charge in [0.2, 0.25) is 0 Å². The van der Waals surface area contributed by atoms with Crippen molar-refractivity contribution in [2.75, 3.05) is 7.11 Å². The average Bonchev–Trinajstić information content (AvgIpc) is 2.38. The van der Waals surface area contributed by atoms with E-state index in [2.05, 4.69) is 46.3 Å². The van der Waals surface area contributed by atoms with Crippen LogP contribution in [0.4, 0.5) is 0 Å². The van der Waals surface area contributed by atoms with Gasteiger partial charge in [0, 0.05) is 4.47 Å². The molecule has 2 aromatic carbocycles. The third-order valence-electron chi connectivity index (χ3n) is 2.66. The second kappa shape index (κ2) is 5.87. The monoisotopic (exact) mass is 289 g/mol. The first kappa shape index (κ1) is 12.2. The summed E-state index contributed by atoms with van der Waals surface area (Å²) in [5.41, 5.74) is 2.52. The molecule has 0 aromatic heterocycles. The van der Waals surface area contributed by atoms with E-state index in [1.165, 1.54) is 11.1 Å². The molecule has 2 heteroatoms. The molecular weight excluding hydrogens is 276 g/mol. The molecule has 2 rings (SSSR count). The summed E-state index contributed by atoms with van der Waals surface area (Å²) in [6.45, 7) is 0. The second-order valence-electron chi connectivity index (χ2n) is 3.88. The molecule has 0 spiro atoms. The third-order valence-corrected chi connectivity index (χ3v) is 3.19. The Morgan fingerprint density at radius 1 is 1.12 bits per heavy atom. The Morgan fingerprint density at radius 3 is 2.59 bits per heavy atom. The minimum atomic E-state index is 0.898. The minimum Gasteiger partial charge on any atom is -0.497 e. The lowest BCUT2D eigenvalue weighted by Crippen LogP contribution is -1.92. The molecule has 0 atom stereocenters. The number of methoxy groups -OCH3 is 1. The summed E-state index contributed by atoms with van der Waals surface area (Å²) in [5, 5.41) is 0. The van der Waals surface area contributed by atoms with E-state index in [0.717, 1.165) is 23.1 Å². The average molecular weight is 290 g/mol. The molecule has 1 radical (unpaired) electrons. The maximum absolute atomic E-state index is 5.20. The molecule has 17 heavy (non-hydrogen) atoms. The van der Waals surface area contributed by atoms with Crippen molar-refractivity contribution >= 4 is 15.9 Å². The number of hydrogen-bond acceptors (Lipinski definition) is 1.